The first-order valence-electron chi connectivity index (χ1n) is 10.9. The molecule has 1 rings (SSSR count). The minimum absolute atomic E-state index is 0.157. The molecule has 1 heterocycles. The largest absolute Gasteiger partial charge is 0.393 e. The van der Waals surface area contributed by atoms with Crippen molar-refractivity contribution in [2.24, 2.45) is 11.8 Å². The van der Waals surface area contributed by atoms with E-state index in [0.717, 1.165) is 18.8 Å². The van der Waals surface area contributed by atoms with Gasteiger partial charge in [-0.2, -0.15) is 0 Å². The van der Waals surface area contributed by atoms with Crippen LogP contribution in [0.25, 0.3) is 0 Å². The molecular weight excluding hydrogens is 312 g/mol. The first-order valence-corrected chi connectivity index (χ1v) is 10.9. The number of hydrogen-bond acceptors (Lipinski definition) is 3. The summed E-state index contributed by atoms with van der Waals surface area (Å²) in [4.78, 5) is 22.4. The summed E-state index contributed by atoms with van der Waals surface area (Å²) in [6, 6.07) is 0. The lowest BCUT2D eigenvalue weighted by atomic mass is 9.92. The molecule has 0 spiro atoms. The number of carbonyl (C=O) groups is 2. The van der Waals surface area contributed by atoms with Gasteiger partial charge in [0.1, 0.15) is 0 Å². The summed E-state index contributed by atoms with van der Waals surface area (Å²) < 4.78 is 4.59. The Kier molecular flexibility index (Phi) is 12.7. The Bertz CT molecular complexity index is 364. The van der Waals surface area contributed by atoms with Crippen molar-refractivity contribution in [1.82, 2.24) is 0 Å². The van der Waals surface area contributed by atoms with Crippen molar-refractivity contribution in [3.63, 3.8) is 0 Å². The number of esters is 2. The minimum Gasteiger partial charge on any atom is -0.393 e. The van der Waals surface area contributed by atoms with Gasteiger partial charge in [-0.15, -0.1) is 0 Å². The Morgan fingerprint density at radius 3 is 1.92 bits per heavy atom. The zero-order valence-corrected chi connectivity index (χ0v) is 16.7. The first-order chi connectivity index (χ1) is 12.2. The van der Waals surface area contributed by atoms with E-state index in [9.17, 15) is 9.59 Å². The lowest BCUT2D eigenvalue weighted by molar-refractivity contribution is -0.153. The summed E-state index contributed by atoms with van der Waals surface area (Å²) in [6.07, 6.45) is 19.8. The summed E-state index contributed by atoms with van der Waals surface area (Å²) in [5.41, 5.74) is 0. The van der Waals surface area contributed by atoms with Gasteiger partial charge in [0.2, 0.25) is 0 Å². The number of unbranched alkanes of at least 4 members (excludes halogenated alkanes) is 9. The number of hydrogen-bond donors (Lipinski definition) is 0. The summed E-state index contributed by atoms with van der Waals surface area (Å²) in [7, 11) is 0. The normalized spacial score (nSPS) is 18.6. The molecule has 1 fully saturated rings. The van der Waals surface area contributed by atoms with Gasteiger partial charge in [-0.25, -0.2) is 0 Å². The van der Waals surface area contributed by atoms with Gasteiger partial charge in [0, 0.05) is 0 Å². The predicted octanol–water partition coefficient (Wildman–Crippen LogP) is 6.58. The molecule has 0 aromatic carbocycles. The second-order valence-electron chi connectivity index (χ2n) is 7.87. The zero-order valence-electron chi connectivity index (χ0n) is 16.7. The number of rotatable bonds is 16. The minimum atomic E-state index is -0.342. The number of cyclic esters (lactones) is 2. The van der Waals surface area contributed by atoms with Crippen LogP contribution in [0.2, 0.25) is 0 Å². The van der Waals surface area contributed by atoms with Crippen LogP contribution < -0.4 is 0 Å². The molecule has 3 nitrogen and oxygen atoms in total. The van der Waals surface area contributed by atoms with Crippen molar-refractivity contribution in [3.05, 3.63) is 0 Å². The molecule has 0 aromatic heterocycles. The smallest absolute Gasteiger partial charge is 0.317 e. The molecule has 0 bridgehead atoms. The van der Waals surface area contributed by atoms with E-state index in [1.165, 1.54) is 83.5 Å². The summed E-state index contributed by atoms with van der Waals surface area (Å²) in [5, 5.41) is 0. The monoisotopic (exact) mass is 352 g/mol. The molecule has 3 heteroatoms. The van der Waals surface area contributed by atoms with E-state index in [2.05, 4.69) is 18.6 Å². The van der Waals surface area contributed by atoms with E-state index in [1.54, 1.807) is 0 Å². The van der Waals surface area contributed by atoms with E-state index >= 15 is 0 Å². The number of ether oxygens (including phenoxy) is 1. The van der Waals surface area contributed by atoms with Crippen molar-refractivity contribution in [2.75, 3.05) is 0 Å². The van der Waals surface area contributed by atoms with Crippen molar-refractivity contribution in [2.45, 2.75) is 117 Å². The highest BCUT2D eigenvalue weighted by Gasteiger charge is 2.32. The van der Waals surface area contributed by atoms with Crippen LogP contribution in [-0.4, -0.2) is 11.9 Å². The molecule has 0 radical (unpaired) electrons. The molecular formula is C22H40O3. The van der Waals surface area contributed by atoms with E-state index < -0.39 is 0 Å². The maximum absolute atomic E-state index is 11.4. The lowest BCUT2D eigenvalue weighted by Crippen LogP contribution is -2.07. The predicted molar refractivity (Wildman–Crippen MR) is 103 cm³/mol. The van der Waals surface area contributed by atoms with Crippen LogP contribution in [0.3, 0.4) is 0 Å². The molecule has 25 heavy (non-hydrogen) atoms. The molecule has 1 aliphatic rings. The van der Waals surface area contributed by atoms with Crippen LogP contribution in [0, 0.1) is 11.8 Å². The molecule has 2 atom stereocenters. The van der Waals surface area contributed by atoms with Gasteiger partial charge in [-0.1, -0.05) is 104 Å². The van der Waals surface area contributed by atoms with Gasteiger partial charge in [0.15, 0.2) is 0 Å². The Morgan fingerprint density at radius 2 is 1.40 bits per heavy atom. The van der Waals surface area contributed by atoms with Crippen LogP contribution in [0.4, 0.5) is 0 Å². The summed E-state index contributed by atoms with van der Waals surface area (Å²) in [5.74, 6) is 0.138. The third-order valence-electron chi connectivity index (χ3n) is 5.67. The molecule has 0 N–H and O–H groups in total. The van der Waals surface area contributed by atoms with Gasteiger partial charge < -0.3 is 4.74 Å². The highest BCUT2D eigenvalue weighted by atomic mass is 16.6. The maximum atomic E-state index is 11.4. The van der Waals surface area contributed by atoms with Gasteiger partial charge >= 0.3 is 11.9 Å². The van der Waals surface area contributed by atoms with E-state index in [4.69, 9.17) is 0 Å². The molecule has 0 amide bonds. The van der Waals surface area contributed by atoms with Gasteiger partial charge in [-0.05, 0) is 12.3 Å². The quantitative estimate of drug-likeness (QED) is 0.179. The lowest BCUT2D eigenvalue weighted by Gasteiger charge is -2.14. The van der Waals surface area contributed by atoms with Crippen molar-refractivity contribution in [1.29, 1.82) is 0 Å². The SMILES string of the molecule is CCCCCCCC(CC)CCCCCCCCC1CC(=O)OC1=O. The Labute approximate surface area is 155 Å². The summed E-state index contributed by atoms with van der Waals surface area (Å²) >= 11 is 0. The van der Waals surface area contributed by atoms with E-state index in [1.807, 2.05) is 0 Å². The van der Waals surface area contributed by atoms with Crippen LogP contribution >= 0.6 is 0 Å². The van der Waals surface area contributed by atoms with Gasteiger partial charge in [0.25, 0.3) is 0 Å². The third kappa shape index (κ3) is 10.7. The molecule has 2 unspecified atom stereocenters. The van der Waals surface area contributed by atoms with Gasteiger partial charge in [-0.3, -0.25) is 9.59 Å². The zero-order chi connectivity index (χ0) is 18.3. The fraction of sp³-hybridized carbons (Fsp3) is 0.909. The molecule has 146 valence electrons. The molecule has 1 saturated heterocycles. The topological polar surface area (TPSA) is 43.4 Å². The highest BCUT2D eigenvalue weighted by molar-refractivity contribution is 5.94. The van der Waals surface area contributed by atoms with Crippen molar-refractivity contribution in [3.8, 4) is 0 Å². The second kappa shape index (κ2) is 14.3. The second-order valence-corrected chi connectivity index (χ2v) is 7.87. The van der Waals surface area contributed by atoms with Crippen LogP contribution in [0.1, 0.15) is 117 Å². The van der Waals surface area contributed by atoms with Crippen LogP contribution in [0.5, 0.6) is 0 Å². The van der Waals surface area contributed by atoms with Crippen LogP contribution in [-0.2, 0) is 14.3 Å². The molecule has 0 aliphatic carbocycles. The average Bonchev–Trinajstić information content (AvgIpc) is 2.92. The van der Waals surface area contributed by atoms with E-state index in [0.29, 0.717) is 6.42 Å². The molecule has 0 saturated carbocycles. The first kappa shape index (κ1) is 22.2. The maximum Gasteiger partial charge on any atom is 0.317 e. The Hall–Kier alpha value is -0.860. The standard InChI is InChI=1S/C22H40O3/c1-3-5-6-9-12-15-19(4-2)16-13-10-7-8-11-14-17-20-18-21(23)25-22(20)24/h19-20H,3-18H2,1-2H3. The Balaban J connectivity index is 1.89. The highest BCUT2D eigenvalue weighted by Crippen LogP contribution is 2.24. The van der Waals surface area contributed by atoms with Crippen molar-refractivity contribution >= 4 is 11.9 Å². The Morgan fingerprint density at radius 1 is 0.840 bits per heavy atom. The van der Waals surface area contributed by atoms with Crippen LogP contribution in [0.15, 0.2) is 0 Å². The summed E-state index contributed by atoms with van der Waals surface area (Å²) in [6.45, 7) is 4.62. The molecule has 1 aliphatic heterocycles. The fourth-order valence-corrected chi connectivity index (χ4v) is 3.86. The third-order valence-corrected chi connectivity index (χ3v) is 5.67. The average molecular weight is 353 g/mol. The molecule has 0 aromatic rings. The van der Waals surface area contributed by atoms with Gasteiger partial charge in [0.05, 0.1) is 12.3 Å². The number of carbonyl (C=O) groups excluding carboxylic acids is 2. The van der Waals surface area contributed by atoms with Crippen molar-refractivity contribution < 1.29 is 14.3 Å². The fourth-order valence-electron chi connectivity index (χ4n) is 3.86. The van der Waals surface area contributed by atoms with E-state index in [-0.39, 0.29) is 17.9 Å².